The van der Waals surface area contributed by atoms with Crippen LogP contribution in [0.15, 0.2) is 114 Å². The minimum absolute atomic E-state index is 0.0207. The summed E-state index contributed by atoms with van der Waals surface area (Å²) in [6, 6.07) is 31.0. The maximum absolute atomic E-state index is 14.4. The van der Waals surface area contributed by atoms with Gasteiger partial charge in [-0.1, -0.05) is 78.4 Å². The van der Waals surface area contributed by atoms with E-state index in [0.717, 1.165) is 21.0 Å². The van der Waals surface area contributed by atoms with Gasteiger partial charge in [0.1, 0.15) is 18.3 Å². The summed E-state index contributed by atoms with van der Waals surface area (Å²) in [5.74, 6) is -0.265. The number of rotatable bonds is 14. The van der Waals surface area contributed by atoms with Gasteiger partial charge in [-0.2, -0.15) is 0 Å². The molecule has 2 amide bonds. The van der Waals surface area contributed by atoms with E-state index in [-0.39, 0.29) is 23.8 Å². The SMILES string of the molecule is CCNC(=O)[C@@H](Cc1ccccc1)N(Cc1cccc(C)c1)C(=O)CN(c1ccccc1)S(=O)(=O)c1ccc(OCC)cc1. The Morgan fingerprint density at radius 2 is 1.45 bits per heavy atom. The van der Waals surface area contributed by atoms with Gasteiger partial charge in [-0.3, -0.25) is 13.9 Å². The molecule has 4 aromatic rings. The van der Waals surface area contributed by atoms with Crippen molar-refractivity contribution in [2.45, 2.75) is 44.7 Å². The monoisotopic (exact) mass is 613 g/mol. The lowest BCUT2D eigenvalue weighted by molar-refractivity contribution is -0.140. The first-order chi connectivity index (χ1) is 21.2. The summed E-state index contributed by atoms with van der Waals surface area (Å²) in [5.41, 5.74) is 3.06. The number of sulfonamides is 1. The summed E-state index contributed by atoms with van der Waals surface area (Å²) in [6.07, 6.45) is 0.265. The van der Waals surface area contributed by atoms with Gasteiger partial charge in [-0.15, -0.1) is 0 Å². The van der Waals surface area contributed by atoms with Gasteiger partial charge in [0.25, 0.3) is 10.0 Å². The molecule has 0 aliphatic carbocycles. The minimum Gasteiger partial charge on any atom is -0.494 e. The summed E-state index contributed by atoms with van der Waals surface area (Å²) < 4.78 is 34.8. The Hall–Kier alpha value is -4.63. The fourth-order valence-electron chi connectivity index (χ4n) is 4.98. The number of hydrogen-bond acceptors (Lipinski definition) is 5. The number of benzene rings is 4. The number of carbonyl (C=O) groups is 2. The largest absolute Gasteiger partial charge is 0.494 e. The van der Waals surface area contributed by atoms with Crippen LogP contribution in [0.25, 0.3) is 0 Å². The van der Waals surface area contributed by atoms with Crippen LogP contribution in [0.5, 0.6) is 5.75 Å². The Labute approximate surface area is 260 Å². The molecule has 0 aromatic heterocycles. The molecule has 4 rings (SSSR count). The van der Waals surface area contributed by atoms with Crippen molar-refractivity contribution in [2.24, 2.45) is 0 Å². The van der Waals surface area contributed by atoms with E-state index in [9.17, 15) is 18.0 Å². The van der Waals surface area contributed by atoms with Crippen molar-refractivity contribution in [3.05, 3.63) is 126 Å². The number of nitrogens with zero attached hydrogens (tertiary/aromatic N) is 2. The third-order valence-corrected chi connectivity index (χ3v) is 8.89. The Bertz CT molecular complexity index is 1630. The van der Waals surface area contributed by atoms with Crippen LogP contribution in [0.2, 0.25) is 0 Å². The van der Waals surface area contributed by atoms with E-state index < -0.39 is 28.5 Å². The average molecular weight is 614 g/mol. The maximum Gasteiger partial charge on any atom is 0.264 e. The quantitative estimate of drug-likeness (QED) is 0.207. The van der Waals surface area contributed by atoms with Gasteiger partial charge in [0.2, 0.25) is 11.8 Å². The van der Waals surface area contributed by atoms with Gasteiger partial charge in [-0.25, -0.2) is 8.42 Å². The number of carbonyl (C=O) groups excluding carboxylic acids is 2. The summed E-state index contributed by atoms with van der Waals surface area (Å²) in [4.78, 5) is 29.5. The van der Waals surface area contributed by atoms with Crippen LogP contribution in [0.4, 0.5) is 5.69 Å². The van der Waals surface area contributed by atoms with Gasteiger partial charge in [0, 0.05) is 19.5 Å². The lowest BCUT2D eigenvalue weighted by Crippen LogP contribution is -2.53. The summed E-state index contributed by atoms with van der Waals surface area (Å²) in [6.45, 7) is 6.09. The number of ether oxygens (including phenoxy) is 1. The predicted octanol–water partition coefficient (Wildman–Crippen LogP) is 5.37. The van der Waals surface area contributed by atoms with Crippen LogP contribution in [0, 0.1) is 6.92 Å². The normalized spacial score (nSPS) is 11.8. The Kier molecular flexibility index (Phi) is 11.2. The highest BCUT2D eigenvalue weighted by Gasteiger charge is 2.34. The zero-order chi connectivity index (χ0) is 31.5. The van der Waals surface area contributed by atoms with E-state index in [4.69, 9.17) is 4.74 Å². The smallest absolute Gasteiger partial charge is 0.264 e. The second-order valence-electron chi connectivity index (χ2n) is 10.4. The molecule has 0 saturated heterocycles. The molecule has 0 aliphatic heterocycles. The molecule has 0 heterocycles. The molecule has 1 N–H and O–H groups in total. The lowest BCUT2D eigenvalue weighted by Gasteiger charge is -2.34. The minimum atomic E-state index is -4.18. The van der Waals surface area contributed by atoms with Crippen molar-refractivity contribution in [3.63, 3.8) is 0 Å². The number of para-hydroxylation sites is 1. The molecule has 1 atom stereocenters. The Morgan fingerprint density at radius 3 is 2.07 bits per heavy atom. The molecule has 4 aromatic carbocycles. The topological polar surface area (TPSA) is 96.0 Å². The third kappa shape index (κ3) is 8.26. The molecule has 0 unspecified atom stereocenters. The molecule has 0 bridgehead atoms. The van der Waals surface area contributed by atoms with Crippen molar-refractivity contribution in [1.82, 2.24) is 10.2 Å². The first-order valence-electron chi connectivity index (χ1n) is 14.7. The molecule has 0 spiro atoms. The van der Waals surface area contributed by atoms with Gasteiger partial charge in [0.05, 0.1) is 17.2 Å². The number of hydrogen-bond donors (Lipinski definition) is 1. The van der Waals surface area contributed by atoms with Crippen LogP contribution in [0.3, 0.4) is 0 Å². The molecule has 230 valence electrons. The van der Waals surface area contributed by atoms with E-state index in [2.05, 4.69) is 5.32 Å². The highest BCUT2D eigenvalue weighted by atomic mass is 32.2. The number of likely N-dealkylation sites (N-methyl/N-ethyl adjacent to an activating group) is 1. The molecule has 44 heavy (non-hydrogen) atoms. The number of amides is 2. The number of nitrogens with one attached hydrogen (secondary N) is 1. The third-order valence-electron chi connectivity index (χ3n) is 7.10. The summed E-state index contributed by atoms with van der Waals surface area (Å²) >= 11 is 0. The van der Waals surface area contributed by atoms with Crippen LogP contribution in [0.1, 0.15) is 30.5 Å². The predicted molar refractivity (Wildman–Crippen MR) is 173 cm³/mol. The number of aryl methyl sites for hydroxylation is 1. The highest BCUT2D eigenvalue weighted by Crippen LogP contribution is 2.26. The first kappa shape index (κ1) is 32.3. The molecule has 0 saturated carbocycles. The number of anilines is 1. The van der Waals surface area contributed by atoms with Crippen LogP contribution in [-0.2, 0) is 32.6 Å². The Balaban J connectivity index is 1.76. The van der Waals surface area contributed by atoms with Gasteiger partial charge in [0.15, 0.2) is 0 Å². The van der Waals surface area contributed by atoms with E-state index >= 15 is 0 Å². The van der Waals surface area contributed by atoms with Gasteiger partial charge in [-0.05, 0) is 68.3 Å². The van der Waals surface area contributed by atoms with Crippen molar-refractivity contribution in [2.75, 3.05) is 24.0 Å². The van der Waals surface area contributed by atoms with E-state index in [0.29, 0.717) is 24.6 Å². The fourth-order valence-corrected chi connectivity index (χ4v) is 6.39. The molecule has 9 heteroatoms. The standard InChI is InChI=1S/C35H39N3O5S/c1-4-36-35(40)33(24-28-14-8-6-9-15-28)37(25-29-16-12-13-27(3)23-29)34(39)26-38(30-17-10-7-11-18-30)44(41,42)32-21-19-31(20-22-32)43-5-2/h6-23,33H,4-5,24-26H2,1-3H3,(H,36,40)/t33-/m1/s1. The van der Waals surface area contributed by atoms with Gasteiger partial charge < -0.3 is 15.0 Å². The van der Waals surface area contributed by atoms with Crippen molar-refractivity contribution in [1.29, 1.82) is 0 Å². The van der Waals surface area contributed by atoms with E-state index in [1.165, 1.54) is 17.0 Å². The summed E-state index contributed by atoms with van der Waals surface area (Å²) in [7, 11) is -4.18. The lowest BCUT2D eigenvalue weighted by atomic mass is 10.0. The molecule has 0 fully saturated rings. The molecular formula is C35H39N3O5S. The first-order valence-corrected chi connectivity index (χ1v) is 16.1. The second kappa shape index (κ2) is 15.2. The van der Waals surface area contributed by atoms with Crippen LogP contribution < -0.4 is 14.4 Å². The summed E-state index contributed by atoms with van der Waals surface area (Å²) in [5, 5.41) is 2.88. The van der Waals surface area contributed by atoms with Gasteiger partial charge >= 0.3 is 0 Å². The molecule has 0 radical (unpaired) electrons. The molecule has 0 aliphatic rings. The molecule has 8 nitrogen and oxygen atoms in total. The second-order valence-corrected chi connectivity index (χ2v) is 12.2. The van der Waals surface area contributed by atoms with Crippen molar-refractivity contribution < 1.29 is 22.7 Å². The van der Waals surface area contributed by atoms with E-state index in [1.54, 1.807) is 42.5 Å². The highest BCUT2D eigenvalue weighted by molar-refractivity contribution is 7.92. The fraction of sp³-hybridized carbons (Fsp3) is 0.257. The van der Waals surface area contributed by atoms with Crippen LogP contribution in [-0.4, -0.2) is 50.9 Å². The maximum atomic E-state index is 14.4. The van der Waals surface area contributed by atoms with Crippen LogP contribution >= 0.6 is 0 Å². The zero-order valence-corrected chi connectivity index (χ0v) is 26.2. The molecular weight excluding hydrogens is 574 g/mol. The van der Waals surface area contributed by atoms with Crippen molar-refractivity contribution >= 4 is 27.5 Å². The Morgan fingerprint density at radius 1 is 0.818 bits per heavy atom. The average Bonchev–Trinajstić information content (AvgIpc) is 3.03. The van der Waals surface area contributed by atoms with E-state index in [1.807, 2.05) is 75.4 Å². The van der Waals surface area contributed by atoms with Crippen molar-refractivity contribution in [3.8, 4) is 5.75 Å². The zero-order valence-electron chi connectivity index (χ0n) is 25.3.